The summed E-state index contributed by atoms with van der Waals surface area (Å²) in [6.07, 6.45) is 0. The van der Waals surface area contributed by atoms with Crippen LogP contribution in [-0.2, 0) is 4.79 Å². The van der Waals surface area contributed by atoms with Crippen molar-refractivity contribution in [3.8, 4) is 11.8 Å². The maximum atomic E-state index is 10.5. The average molecular weight is 223 g/mol. The van der Waals surface area contributed by atoms with Gasteiger partial charge in [-0.1, -0.05) is 11.8 Å². The molecule has 0 fully saturated rings. The van der Waals surface area contributed by atoms with E-state index in [0.717, 1.165) is 11.3 Å². The summed E-state index contributed by atoms with van der Waals surface area (Å²) in [5.74, 6) is 4.39. The third kappa shape index (κ3) is 3.83. The molecular weight excluding hydrogens is 214 g/mol. The second-order valence-corrected chi connectivity index (χ2v) is 3.63. The lowest BCUT2D eigenvalue weighted by Crippen LogP contribution is -2.19. The lowest BCUT2D eigenvalue weighted by atomic mass is 10.3. The zero-order valence-corrected chi connectivity index (χ0v) is 8.85. The molecule has 1 amide bonds. The maximum Gasteiger partial charge on any atom is 0.345 e. The Balaban J connectivity index is 2.56. The minimum atomic E-state index is -0.949. The number of nitrogens with one attached hydrogen (secondary N) is 1. The molecule has 0 aliphatic rings. The van der Waals surface area contributed by atoms with Gasteiger partial charge in [-0.3, -0.25) is 4.79 Å². The van der Waals surface area contributed by atoms with Crippen molar-refractivity contribution in [3.05, 3.63) is 21.9 Å². The van der Waals surface area contributed by atoms with Gasteiger partial charge in [0.15, 0.2) is 0 Å². The molecule has 1 aromatic rings. The van der Waals surface area contributed by atoms with Crippen molar-refractivity contribution in [2.45, 2.75) is 6.92 Å². The highest BCUT2D eigenvalue weighted by Gasteiger charge is 2.04. The predicted octanol–water partition coefficient (Wildman–Crippen LogP) is 0.934. The van der Waals surface area contributed by atoms with E-state index in [0.29, 0.717) is 5.56 Å². The normalized spacial score (nSPS) is 8.87. The standard InChI is InChI=1S/C10H9NO3S/c1-7(12)11-4-2-3-8-5-9(10(13)14)15-6-8/h5-6H,4H2,1H3,(H,11,12)(H,13,14). The molecule has 15 heavy (non-hydrogen) atoms. The molecule has 1 heterocycles. The Morgan fingerprint density at radius 3 is 2.87 bits per heavy atom. The second-order valence-electron chi connectivity index (χ2n) is 2.72. The molecule has 4 nitrogen and oxygen atoms in total. The molecule has 2 N–H and O–H groups in total. The van der Waals surface area contributed by atoms with Crippen LogP contribution in [-0.4, -0.2) is 23.5 Å². The Morgan fingerprint density at radius 1 is 1.60 bits per heavy atom. The number of hydrogen-bond acceptors (Lipinski definition) is 3. The molecule has 0 saturated heterocycles. The summed E-state index contributed by atoms with van der Waals surface area (Å²) in [5, 5.41) is 12.8. The van der Waals surface area contributed by atoms with Crippen LogP contribution in [0.5, 0.6) is 0 Å². The second kappa shape index (κ2) is 5.17. The number of carbonyl (C=O) groups excluding carboxylic acids is 1. The first kappa shape index (κ1) is 11.3. The number of carboxylic acid groups (broad SMARTS) is 1. The number of carbonyl (C=O) groups is 2. The molecule has 0 unspecified atom stereocenters. The van der Waals surface area contributed by atoms with E-state index >= 15 is 0 Å². The van der Waals surface area contributed by atoms with E-state index in [4.69, 9.17) is 5.11 Å². The highest BCUT2D eigenvalue weighted by atomic mass is 32.1. The van der Waals surface area contributed by atoms with Gasteiger partial charge < -0.3 is 10.4 Å². The minimum absolute atomic E-state index is 0.138. The molecule has 0 spiro atoms. The molecule has 1 rings (SSSR count). The molecule has 0 aliphatic heterocycles. The van der Waals surface area contributed by atoms with E-state index < -0.39 is 5.97 Å². The van der Waals surface area contributed by atoms with Crippen molar-refractivity contribution in [1.82, 2.24) is 5.32 Å². The van der Waals surface area contributed by atoms with E-state index in [2.05, 4.69) is 17.2 Å². The van der Waals surface area contributed by atoms with Crippen molar-refractivity contribution >= 4 is 23.2 Å². The zero-order valence-electron chi connectivity index (χ0n) is 8.03. The summed E-state index contributed by atoms with van der Waals surface area (Å²) < 4.78 is 0. The number of hydrogen-bond donors (Lipinski definition) is 2. The number of thiophene rings is 1. The van der Waals surface area contributed by atoms with Crippen LogP contribution in [0.4, 0.5) is 0 Å². The van der Waals surface area contributed by atoms with Crippen LogP contribution in [0.3, 0.4) is 0 Å². The van der Waals surface area contributed by atoms with Gasteiger partial charge >= 0.3 is 5.97 Å². The summed E-state index contributed by atoms with van der Waals surface area (Å²) in [4.78, 5) is 21.3. The van der Waals surface area contributed by atoms with Crippen molar-refractivity contribution < 1.29 is 14.7 Å². The van der Waals surface area contributed by atoms with Gasteiger partial charge in [0.05, 0.1) is 6.54 Å². The average Bonchev–Trinajstić information content (AvgIpc) is 2.60. The SMILES string of the molecule is CC(=O)NCC#Cc1csc(C(=O)O)c1. The molecule has 0 radical (unpaired) electrons. The van der Waals surface area contributed by atoms with Gasteiger partial charge in [-0.15, -0.1) is 11.3 Å². The fourth-order valence-electron chi connectivity index (χ4n) is 0.829. The van der Waals surface area contributed by atoms with Gasteiger partial charge in [-0.25, -0.2) is 4.79 Å². The smallest absolute Gasteiger partial charge is 0.345 e. The lowest BCUT2D eigenvalue weighted by Gasteiger charge is -1.90. The molecule has 78 valence electrons. The highest BCUT2D eigenvalue weighted by Crippen LogP contribution is 2.13. The van der Waals surface area contributed by atoms with Crippen LogP contribution in [0, 0.1) is 11.8 Å². The van der Waals surface area contributed by atoms with E-state index in [-0.39, 0.29) is 17.3 Å². The quantitative estimate of drug-likeness (QED) is 0.733. The van der Waals surface area contributed by atoms with Gasteiger partial charge in [0, 0.05) is 17.9 Å². The Morgan fingerprint density at radius 2 is 2.33 bits per heavy atom. The number of rotatable bonds is 2. The molecule has 0 aromatic carbocycles. The summed E-state index contributed by atoms with van der Waals surface area (Å²) in [5.41, 5.74) is 0.655. The third-order valence-electron chi connectivity index (χ3n) is 1.47. The van der Waals surface area contributed by atoms with Crippen LogP contribution in [0.2, 0.25) is 0 Å². The van der Waals surface area contributed by atoms with Crippen LogP contribution < -0.4 is 5.32 Å². The van der Waals surface area contributed by atoms with Crippen LogP contribution in [0.1, 0.15) is 22.2 Å². The Labute approximate surface area is 90.9 Å². The molecule has 0 saturated carbocycles. The molecule has 0 atom stereocenters. The van der Waals surface area contributed by atoms with Gasteiger partial charge in [0.1, 0.15) is 4.88 Å². The van der Waals surface area contributed by atoms with E-state index in [1.807, 2.05) is 0 Å². The number of carboxylic acids is 1. The number of aromatic carboxylic acids is 1. The number of amides is 1. The Bertz CT molecular complexity index is 439. The molecule has 1 aromatic heterocycles. The monoisotopic (exact) mass is 223 g/mol. The summed E-state index contributed by atoms with van der Waals surface area (Å²) in [7, 11) is 0. The van der Waals surface area contributed by atoms with Crippen molar-refractivity contribution in [2.75, 3.05) is 6.54 Å². The van der Waals surface area contributed by atoms with Crippen molar-refractivity contribution in [3.63, 3.8) is 0 Å². The summed E-state index contributed by atoms with van der Waals surface area (Å²) in [6, 6.07) is 1.51. The Kier molecular flexibility index (Phi) is 3.89. The molecule has 0 aliphatic carbocycles. The first-order valence-electron chi connectivity index (χ1n) is 4.14. The van der Waals surface area contributed by atoms with Crippen LogP contribution in [0.15, 0.2) is 11.4 Å². The van der Waals surface area contributed by atoms with Crippen molar-refractivity contribution in [1.29, 1.82) is 0 Å². The third-order valence-corrected chi connectivity index (χ3v) is 2.39. The first-order valence-corrected chi connectivity index (χ1v) is 5.02. The van der Waals surface area contributed by atoms with E-state index in [1.54, 1.807) is 5.38 Å². The van der Waals surface area contributed by atoms with Gasteiger partial charge in [-0.2, -0.15) is 0 Å². The fourth-order valence-corrected chi connectivity index (χ4v) is 1.51. The van der Waals surface area contributed by atoms with Crippen LogP contribution >= 0.6 is 11.3 Å². The summed E-state index contributed by atoms with van der Waals surface area (Å²) >= 11 is 1.13. The lowest BCUT2D eigenvalue weighted by molar-refractivity contribution is -0.118. The largest absolute Gasteiger partial charge is 0.477 e. The fraction of sp³-hybridized carbons (Fsp3) is 0.200. The minimum Gasteiger partial charge on any atom is -0.477 e. The topological polar surface area (TPSA) is 66.4 Å². The predicted molar refractivity (Wildman–Crippen MR) is 56.8 cm³/mol. The first-order chi connectivity index (χ1) is 7.09. The van der Waals surface area contributed by atoms with Gasteiger partial charge in [0.25, 0.3) is 0 Å². The van der Waals surface area contributed by atoms with Gasteiger partial charge in [-0.05, 0) is 6.07 Å². The highest BCUT2D eigenvalue weighted by molar-refractivity contribution is 7.12. The Hall–Kier alpha value is -1.80. The van der Waals surface area contributed by atoms with Gasteiger partial charge in [0.2, 0.25) is 5.91 Å². The zero-order chi connectivity index (χ0) is 11.3. The molecule has 5 heteroatoms. The molecule has 0 bridgehead atoms. The maximum absolute atomic E-state index is 10.5. The van der Waals surface area contributed by atoms with E-state index in [1.165, 1.54) is 13.0 Å². The van der Waals surface area contributed by atoms with Crippen molar-refractivity contribution in [2.24, 2.45) is 0 Å². The molecular formula is C10H9NO3S. The summed E-state index contributed by atoms with van der Waals surface area (Å²) in [6.45, 7) is 1.68. The van der Waals surface area contributed by atoms with Crippen LogP contribution in [0.25, 0.3) is 0 Å². The van der Waals surface area contributed by atoms with E-state index in [9.17, 15) is 9.59 Å².